The van der Waals surface area contributed by atoms with Crippen LogP contribution >= 0.6 is 15.9 Å². The summed E-state index contributed by atoms with van der Waals surface area (Å²) in [5.41, 5.74) is 2.11. The van der Waals surface area contributed by atoms with Crippen molar-refractivity contribution in [3.05, 3.63) is 29.3 Å². The second kappa shape index (κ2) is 3.31. The smallest absolute Gasteiger partial charge is 0.124 e. The summed E-state index contributed by atoms with van der Waals surface area (Å²) in [6, 6.07) is 5.87. The van der Waals surface area contributed by atoms with E-state index in [4.69, 9.17) is 4.74 Å². The van der Waals surface area contributed by atoms with Crippen LogP contribution in [-0.4, -0.2) is 17.0 Å². The van der Waals surface area contributed by atoms with Crippen LogP contribution in [0.25, 0.3) is 0 Å². The Balaban J connectivity index is 2.51. The fourth-order valence-corrected chi connectivity index (χ4v) is 2.40. The Morgan fingerprint density at radius 2 is 2.31 bits per heavy atom. The predicted octanol–water partition coefficient (Wildman–Crippen LogP) is 2.05. The number of aliphatic hydroxyl groups excluding tert-OH is 1. The first-order valence-electron chi connectivity index (χ1n) is 4.22. The topological polar surface area (TPSA) is 29.5 Å². The zero-order valence-corrected chi connectivity index (χ0v) is 8.91. The molecular formula is C10H11BrO2. The van der Waals surface area contributed by atoms with Gasteiger partial charge in [0, 0.05) is 10.4 Å². The maximum Gasteiger partial charge on any atom is 0.124 e. The van der Waals surface area contributed by atoms with Crippen molar-refractivity contribution in [2.75, 3.05) is 7.11 Å². The third-order valence-electron chi connectivity index (χ3n) is 2.43. The van der Waals surface area contributed by atoms with Crippen molar-refractivity contribution >= 4 is 15.9 Å². The van der Waals surface area contributed by atoms with E-state index in [1.165, 1.54) is 5.56 Å². The van der Waals surface area contributed by atoms with Crippen LogP contribution in [0, 0.1) is 0 Å². The molecule has 0 unspecified atom stereocenters. The molecule has 1 aromatic rings. The molecule has 2 nitrogen and oxygen atoms in total. The highest BCUT2D eigenvalue weighted by atomic mass is 79.9. The minimum absolute atomic E-state index is 0.124. The van der Waals surface area contributed by atoms with Gasteiger partial charge >= 0.3 is 0 Å². The van der Waals surface area contributed by atoms with Crippen molar-refractivity contribution < 1.29 is 9.84 Å². The molecule has 0 saturated heterocycles. The molecule has 0 bridgehead atoms. The van der Waals surface area contributed by atoms with Gasteiger partial charge in [0.05, 0.1) is 13.2 Å². The number of benzene rings is 1. The summed E-state index contributed by atoms with van der Waals surface area (Å²) >= 11 is 3.44. The number of aliphatic hydroxyl groups is 1. The van der Waals surface area contributed by atoms with E-state index in [9.17, 15) is 5.11 Å². The van der Waals surface area contributed by atoms with Gasteiger partial charge in [-0.2, -0.15) is 0 Å². The van der Waals surface area contributed by atoms with Crippen molar-refractivity contribution in [2.45, 2.75) is 17.4 Å². The van der Waals surface area contributed by atoms with E-state index in [-0.39, 0.29) is 4.83 Å². The minimum atomic E-state index is -0.439. The molecule has 13 heavy (non-hydrogen) atoms. The van der Waals surface area contributed by atoms with Gasteiger partial charge in [-0.15, -0.1) is 0 Å². The summed E-state index contributed by atoms with van der Waals surface area (Å²) in [6.45, 7) is 0. The molecule has 0 aromatic heterocycles. The Morgan fingerprint density at radius 3 is 3.00 bits per heavy atom. The van der Waals surface area contributed by atoms with Gasteiger partial charge in [0.15, 0.2) is 0 Å². The summed E-state index contributed by atoms with van der Waals surface area (Å²) in [5, 5.41) is 9.83. The van der Waals surface area contributed by atoms with Crippen LogP contribution in [0.2, 0.25) is 0 Å². The van der Waals surface area contributed by atoms with Crippen molar-refractivity contribution in [1.82, 2.24) is 0 Å². The Morgan fingerprint density at radius 1 is 1.54 bits per heavy atom. The molecule has 1 N–H and O–H groups in total. The van der Waals surface area contributed by atoms with Crippen molar-refractivity contribution in [1.29, 1.82) is 0 Å². The molecule has 3 heteroatoms. The molecule has 0 aliphatic heterocycles. The maximum atomic E-state index is 9.83. The largest absolute Gasteiger partial charge is 0.496 e. The Bertz CT molecular complexity index is 325. The van der Waals surface area contributed by atoms with E-state index in [1.807, 2.05) is 18.2 Å². The molecule has 0 saturated carbocycles. The van der Waals surface area contributed by atoms with Crippen LogP contribution in [0.3, 0.4) is 0 Å². The van der Waals surface area contributed by atoms with Gasteiger partial charge in [0.25, 0.3) is 0 Å². The molecule has 0 spiro atoms. The van der Waals surface area contributed by atoms with Gasteiger partial charge in [0.1, 0.15) is 5.75 Å². The lowest BCUT2D eigenvalue weighted by atomic mass is 10.1. The maximum absolute atomic E-state index is 9.83. The first kappa shape index (κ1) is 9.03. The van der Waals surface area contributed by atoms with Gasteiger partial charge in [-0.05, 0) is 18.1 Å². The highest BCUT2D eigenvalue weighted by Crippen LogP contribution is 2.40. The SMILES string of the molecule is COc1cccc2c1[C@@H](O)[C@H](Br)C2. The molecule has 2 atom stereocenters. The molecule has 0 radical (unpaired) electrons. The summed E-state index contributed by atoms with van der Waals surface area (Å²) in [6.07, 6.45) is 0.430. The average molecular weight is 243 g/mol. The van der Waals surface area contributed by atoms with Crippen LogP contribution in [0.4, 0.5) is 0 Å². The number of hydrogen-bond donors (Lipinski definition) is 1. The van der Waals surface area contributed by atoms with Gasteiger partial charge < -0.3 is 9.84 Å². The van der Waals surface area contributed by atoms with E-state index < -0.39 is 6.10 Å². The second-order valence-corrected chi connectivity index (χ2v) is 4.37. The molecule has 70 valence electrons. The molecule has 2 rings (SSSR count). The van der Waals surface area contributed by atoms with Crippen LogP contribution in [0.5, 0.6) is 5.75 Å². The highest BCUT2D eigenvalue weighted by Gasteiger charge is 2.31. The second-order valence-electron chi connectivity index (χ2n) is 3.20. The van der Waals surface area contributed by atoms with Gasteiger partial charge in [-0.3, -0.25) is 0 Å². The summed E-state index contributed by atoms with van der Waals surface area (Å²) in [7, 11) is 1.63. The molecule has 1 aromatic carbocycles. The van der Waals surface area contributed by atoms with Crippen molar-refractivity contribution in [3.63, 3.8) is 0 Å². The monoisotopic (exact) mass is 242 g/mol. The lowest BCUT2D eigenvalue weighted by Crippen LogP contribution is -2.05. The number of rotatable bonds is 1. The molecule has 1 aliphatic rings. The van der Waals surface area contributed by atoms with Crippen molar-refractivity contribution in [2.24, 2.45) is 0 Å². The third-order valence-corrected chi connectivity index (χ3v) is 3.25. The van der Waals surface area contributed by atoms with E-state index >= 15 is 0 Å². The predicted molar refractivity (Wildman–Crippen MR) is 54.4 cm³/mol. The minimum Gasteiger partial charge on any atom is -0.496 e. The Hall–Kier alpha value is -0.540. The number of fused-ring (bicyclic) bond motifs is 1. The summed E-state index contributed by atoms with van der Waals surface area (Å²) < 4.78 is 5.19. The van der Waals surface area contributed by atoms with Crippen molar-refractivity contribution in [3.8, 4) is 5.75 Å². The van der Waals surface area contributed by atoms with E-state index in [0.717, 1.165) is 17.7 Å². The molecule has 0 heterocycles. The standard InChI is InChI=1S/C10H11BrO2/c1-13-8-4-2-3-6-5-7(11)10(12)9(6)8/h2-4,7,10,12H,5H2,1H3/t7-,10+/m1/s1. The van der Waals surface area contributed by atoms with Crippen LogP contribution in [0.15, 0.2) is 18.2 Å². The van der Waals surface area contributed by atoms with Gasteiger partial charge in [-0.1, -0.05) is 28.1 Å². The number of hydrogen-bond acceptors (Lipinski definition) is 2. The lowest BCUT2D eigenvalue weighted by molar-refractivity contribution is 0.183. The summed E-state index contributed by atoms with van der Waals surface area (Å²) in [4.78, 5) is 0.124. The fraction of sp³-hybridized carbons (Fsp3) is 0.400. The van der Waals surface area contributed by atoms with E-state index in [1.54, 1.807) is 7.11 Å². The first-order chi connectivity index (χ1) is 6.24. The number of ether oxygens (including phenoxy) is 1. The number of methoxy groups -OCH3 is 1. The summed E-state index contributed by atoms with van der Waals surface area (Å²) in [5.74, 6) is 0.784. The van der Waals surface area contributed by atoms with Crippen LogP contribution in [0.1, 0.15) is 17.2 Å². The fourth-order valence-electron chi connectivity index (χ4n) is 1.78. The third kappa shape index (κ3) is 1.36. The van der Waals surface area contributed by atoms with E-state index in [0.29, 0.717) is 0 Å². The highest BCUT2D eigenvalue weighted by molar-refractivity contribution is 9.09. The normalized spacial score (nSPS) is 25.8. The zero-order valence-electron chi connectivity index (χ0n) is 7.33. The Kier molecular flexibility index (Phi) is 2.30. The van der Waals surface area contributed by atoms with Gasteiger partial charge in [-0.25, -0.2) is 0 Å². The first-order valence-corrected chi connectivity index (χ1v) is 5.13. The average Bonchev–Trinajstić information content (AvgIpc) is 2.43. The molecule has 1 aliphatic carbocycles. The molecular weight excluding hydrogens is 232 g/mol. The Labute approximate surface area is 85.7 Å². The quantitative estimate of drug-likeness (QED) is 0.765. The van der Waals surface area contributed by atoms with Gasteiger partial charge in [0.2, 0.25) is 0 Å². The molecule has 0 fully saturated rings. The number of alkyl halides is 1. The van der Waals surface area contributed by atoms with Crippen LogP contribution in [-0.2, 0) is 6.42 Å². The molecule has 0 amide bonds. The number of halogens is 1. The zero-order chi connectivity index (χ0) is 9.42. The van der Waals surface area contributed by atoms with Crippen LogP contribution < -0.4 is 4.74 Å². The lowest BCUT2D eigenvalue weighted by Gasteiger charge is -2.11. The van der Waals surface area contributed by atoms with E-state index in [2.05, 4.69) is 15.9 Å².